The van der Waals surface area contributed by atoms with Crippen molar-refractivity contribution < 1.29 is 28.2 Å². The standard InChI is InChI=1S/C34H44FN5O5/c1-8-11-23-14-16-39(17-15-23)32-29(30(33(42)43-10-3)45-34(5,6)7)22(4)37-28-20-26(38-40(28)32)31(41)36-21-24-12-13-25(35)19-27(24)44-18-9-2/h8-9,12-13,19-20,23,30H,1-2,10-11,14-18,21H2,3-7H3,(H,36,41). The zero-order valence-electron chi connectivity index (χ0n) is 26.9. The predicted molar refractivity (Wildman–Crippen MR) is 171 cm³/mol. The number of aromatic nitrogens is 3. The van der Waals surface area contributed by atoms with Crippen molar-refractivity contribution in [2.45, 2.75) is 72.1 Å². The van der Waals surface area contributed by atoms with Crippen LogP contribution in [0.3, 0.4) is 0 Å². The lowest BCUT2D eigenvalue weighted by molar-refractivity contribution is -0.166. The highest BCUT2D eigenvalue weighted by atomic mass is 19.1. The molecule has 1 N–H and O–H groups in total. The minimum atomic E-state index is -1.06. The van der Waals surface area contributed by atoms with E-state index < -0.39 is 29.4 Å². The molecule has 0 radical (unpaired) electrons. The Bertz CT molecular complexity index is 1540. The normalized spacial score (nSPS) is 14.7. The van der Waals surface area contributed by atoms with Gasteiger partial charge >= 0.3 is 5.97 Å². The molecule has 0 saturated carbocycles. The summed E-state index contributed by atoms with van der Waals surface area (Å²) < 4.78 is 32.9. The van der Waals surface area contributed by atoms with Gasteiger partial charge in [0, 0.05) is 43.0 Å². The van der Waals surface area contributed by atoms with Crippen molar-refractivity contribution in [1.82, 2.24) is 19.9 Å². The number of rotatable bonds is 13. The van der Waals surface area contributed by atoms with Gasteiger partial charge < -0.3 is 24.4 Å². The number of esters is 1. The summed E-state index contributed by atoms with van der Waals surface area (Å²) in [5.41, 5.74) is 1.67. The second-order valence-corrected chi connectivity index (χ2v) is 12.1. The van der Waals surface area contributed by atoms with Crippen LogP contribution in [0.4, 0.5) is 10.2 Å². The van der Waals surface area contributed by atoms with Crippen LogP contribution in [0.5, 0.6) is 5.75 Å². The first-order valence-electron chi connectivity index (χ1n) is 15.4. The fourth-order valence-corrected chi connectivity index (χ4v) is 5.47. The summed E-state index contributed by atoms with van der Waals surface area (Å²) in [5.74, 6) is 0.0747. The Balaban J connectivity index is 1.75. The van der Waals surface area contributed by atoms with Crippen LogP contribution in [0.2, 0.25) is 0 Å². The highest BCUT2D eigenvalue weighted by Crippen LogP contribution is 2.37. The molecule has 1 amide bonds. The topological polar surface area (TPSA) is 107 Å². The molecule has 1 atom stereocenters. The zero-order chi connectivity index (χ0) is 32.7. The number of allylic oxidation sites excluding steroid dienone is 1. The Labute approximate surface area is 264 Å². The number of aryl methyl sites for hydroxylation is 1. The summed E-state index contributed by atoms with van der Waals surface area (Å²) in [5, 5.41) is 7.56. The van der Waals surface area contributed by atoms with Gasteiger partial charge in [-0.05, 0) is 65.9 Å². The first kappa shape index (κ1) is 33.6. The second kappa shape index (κ2) is 14.7. The van der Waals surface area contributed by atoms with E-state index in [1.165, 1.54) is 12.1 Å². The number of carbonyl (C=O) groups excluding carboxylic acids is 2. The molecule has 45 heavy (non-hydrogen) atoms. The van der Waals surface area contributed by atoms with Crippen molar-refractivity contribution in [3.63, 3.8) is 0 Å². The molecule has 1 fully saturated rings. The zero-order valence-corrected chi connectivity index (χ0v) is 26.9. The average molecular weight is 622 g/mol. The number of hydrogen-bond acceptors (Lipinski definition) is 8. The highest BCUT2D eigenvalue weighted by Gasteiger charge is 2.36. The van der Waals surface area contributed by atoms with Crippen molar-refractivity contribution in [3.05, 3.63) is 77.9 Å². The lowest BCUT2D eigenvalue weighted by Crippen LogP contribution is -2.38. The summed E-state index contributed by atoms with van der Waals surface area (Å²) in [6.07, 6.45) is 5.25. The van der Waals surface area contributed by atoms with E-state index in [1.54, 1.807) is 29.6 Å². The Morgan fingerprint density at radius 1 is 1.18 bits per heavy atom. The van der Waals surface area contributed by atoms with Gasteiger partial charge in [0.05, 0.1) is 17.8 Å². The average Bonchev–Trinajstić information content (AvgIpc) is 3.41. The molecule has 3 heterocycles. The molecular formula is C34H44FN5O5. The van der Waals surface area contributed by atoms with Gasteiger partial charge in [-0.1, -0.05) is 24.8 Å². The summed E-state index contributed by atoms with van der Waals surface area (Å²) in [7, 11) is 0. The number of nitrogens with one attached hydrogen (secondary N) is 1. The van der Waals surface area contributed by atoms with Crippen LogP contribution in [-0.2, 0) is 20.8 Å². The largest absolute Gasteiger partial charge is 0.489 e. The number of amides is 1. The molecule has 2 aromatic heterocycles. The molecule has 11 heteroatoms. The van der Waals surface area contributed by atoms with Gasteiger partial charge in [-0.2, -0.15) is 9.61 Å². The van der Waals surface area contributed by atoms with Crippen LogP contribution < -0.4 is 15.0 Å². The number of benzene rings is 1. The van der Waals surface area contributed by atoms with E-state index in [-0.39, 0.29) is 25.5 Å². The van der Waals surface area contributed by atoms with E-state index in [0.29, 0.717) is 53.0 Å². The molecule has 242 valence electrons. The van der Waals surface area contributed by atoms with Crippen molar-refractivity contribution in [3.8, 4) is 5.75 Å². The van der Waals surface area contributed by atoms with E-state index in [2.05, 4.69) is 23.4 Å². The Morgan fingerprint density at radius 3 is 2.56 bits per heavy atom. The Hall–Kier alpha value is -4.25. The van der Waals surface area contributed by atoms with Gasteiger partial charge in [-0.25, -0.2) is 14.2 Å². The van der Waals surface area contributed by atoms with Gasteiger partial charge in [-0.3, -0.25) is 4.79 Å². The molecule has 3 aromatic rings. The van der Waals surface area contributed by atoms with Gasteiger partial charge in [0.2, 0.25) is 0 Å². The number of carbonyl (C=O) groups is 2. The molecule has 0 aliphatic carbocycles. The molecule has 1 saturated heterocycles. The first-order chi connectivity index (χ1) is 21.4. The van der Waals surface area contributed by atoms with Crippen LogP contribution >= 0.6 is 0 Å². The maximum absolute atomic E-state index is 13.9. The highest BCUT2D eigenvalue weighted by molar-refractivity contribution is 5.93. The van der Waals surface area contributed by atoms with Crippen molar-refractivity contribution in [1.29, 1.82) is 0 Å². The van der Waals surface area contributed by atoms with Crippen LogP contribution in [-0.4, -0.2) is 58.4 Å². The summed E-state index contributed by atoms with van der Waals surface area (Å²) in [4.78, 5) is 33.7. The summed E-state index contributed by atoms with van der Waals surface area (Å²) in [6, 6.07) is 5.76. The quantitative estimate of drug-likeness (QED) is 0.186. The monoisotopic (exact) mass is 621 g/mol. The van der Waals surface area contributed by atoms with Crippen LogP contribution in [0.15, 0.2) is 49.6 Å². The number of nitrogens with zero attached hydrogens (tertiary/aromatic N) is 4. The Morgan fingerprint density at radius 2 is 1.91 bits per heavy atom. The number of ether oxygens (including phenoxy) is 3. The van der Waals surface area contributed by atoms with E-state index in [1.807, 2.05) is 33.8 Å². The molecule has 1 aliphatic heterocycles. The van der Waals surface area contributed by atoms with E-state index in [0.717, 1.165) is 19.3 Å². The number of anilines is 1. The first-order valence-corrected chi connectivity index (χ1v) is 15.4. The summed E-state index contributed by atoms with van der Waals surface area (Å²) >= 11 is 0. The maximum atomic E-state index is 13.9. The molecule has 0 spiro atoms. The minimum absolute atomic E-state index is 0.0885. The lowest BCUT2D eigenvalue weighted by atomic mass is 9.93. The molecule has 0 bridgehead atoms. The third-order valence-electron chi connectivity index (χ3n) is 7.51. The van der Waals surface area contributed by atoms with Crippen molar-refractivity contribution in [2.24, 2.45) is 5.92 Å². The van der Waals surface area contributed by atoms with Gasteiger partial charge in [0.25, 0.3) is 5.91 Å². The third kappa shape index (κ3) is 8.27. The molecule has 1 unspecified atom stereocenters. The van der Waals surface area contributed by atoms with E-state index >= 15 is 0 Å². The number of piperidine rings is 1. The van der Waals surface area contributed by atoms with Gasteiger partial charge in [0.15, 0.2) is 17.4 Å². The Kier molecular flexibility index (Phi) is 11.0. The van der Waals surface area contributed by atoms with Crippen LogP contribution in [0.25, 0.3) is 5.65 Å². The fraction of sp³-hybridized carbons (Fsp3) is 0.471. The number of fused-ring (bicyclic) bond motifs is 1. The number of hydrogen-bond donors (Lipinski definition) is 1. The molecule has 1 aliphatic rings. The summed E-state index contributed by atoms with van der Waals surface area (Å²) in [6.45, 7) is 18.7. The predicted octanol–water partition coefficient (Wildman–Crippen LogP) is 5.88. The maximum Gasteiger partial charge on any atom is 0.340 e. The van der Waals surface area contributed by atoms with Crippen molar-refractivity contribution >= 4 is 23.3 Å². The molecule has 4 rings (SSSR count). The van der Waals surface area contributed by atoms with Gasteiger partial charge in [0.1, 0.15) is 24.0 Å². The fourth-order valence-electron chi connectivity index (χ4n) is 5.47. The SMILES string of the molecule is C=CCOc1cc(F)ccc1CNC(=O)c1cc2nc(C)c(C(OC(C)(C)C)C(=O)OCC)c(N3CCC(CC=C)CC3)n2n1. The van der Waals surface area contributed by atoms with Crippen molar-refractivity contribution in [2.75, 3.05) is 31.2 Å². The minimum Gasteiger partial charge on any atom is -0.489 e. The van der Waals surface area contributed by atoms with Gasteiger partial charge in [-0.15, -0.1) is 6.58 Å². The van der Waals surface area contributed by atoms with Crippen LogP contribution in [0.1, 0.15) is 80.4 Å². The molecular weight excluding hydrogens is 577 g/mol. The molecule has 1 aromatic carbocycles. The smallest absolute Gasteiger partial charge is 0.340 e. The van der Waals surface area contributed by atoms with Crippen LogP contribution in [0, 0.1) is 18.7 Å². The van der Waals surface area contributed by atoms with E-state index in [9.17, 15) is 14.0 Å². The lowest BCUT2D eigenvalue weighted by Gasteiger charge is -2.36. The number of halogens is 1. The second-order valence-electron chi connectivity index (χ2n) is 12.1. The van der Waals surface area contributed by atoms with E-state index in [4.69, 9.17) is 24.3 Å². The third-order valence-corrected chi connectivity index (χ3v) is 7.51. The molecule has 10 nitrogen and oxygen atoms in total.